The van der Waals surface area contributed by atoms with E-state index in [2.05, 4.69) is 29.9 Å². The molecule has 1 aliphatic rings. The minimum Gasteiger partial charge on any atom is -0.491 e. The van der Waals surface area contributed by atoms with Crippen molar-refractivity contribution in [3.05, 3.63) is 36.5 Å². The van der Waals surface area contributed by atoms with Crippen LogP contribution in [0, 0.1) is 5.92 Å². The number of rotatable bonds is 8. The van der Waals surface area contributed by atoms with Crippen molar-refractivity contribution in [3.63, 3.8) is 0 Å². The zero-order chi connectivity index (χ0) is 22.7. The molecule has 1 saturated heterocycles. The van der Waals surface area contributed by atoms with Crippen LogP contribution in [0.5, 0.6) is 5.75 Å². The van der Waals surface area contributed by atoms with Crippen molar-refractivity contribution in [1.82, 2.24) is 14.8 Å². The van der Waals surface area contributed by atoms with Crippen molar-refractivity contribution < 1.29 is 14.6 Å². The molecule has 0 aliphatic carbocycles. The minimum atomic E-state index is -0.605. The van der Waals surface area contributed by atoms with Gasteiger partial charge in [-0.25, -0.2) is 9.67 Å². The molecule has 4 rings (SSSR count). The molecular formula is C24H33N5O3. The fourth-order valence-electron chi connectivity index (χ4n) is 3.84. The van der Waals surface area contributed by atoms with Gasteiger partial charge in [-0.1, -0.05) is 19.1 Å². The summed E-state index contributed by atoms with van der Waals surface area (Å²) < 4.78 is 13.4. The van der Waals surface area contributed by atoms with Gasteiger partial charge in [0.15, 0.2) is 5.65 Å². The van der Waals surface area contributed by atoms with E-state index in [4.69, 9.17) is 20.2 Å². The van der Waals surface area contributed by atoms with E-state index in [-0.39, 0.29) is 18.6 Å². The Morgan fingerprint density at radius 3 is 2.69 bits per heavy atom. The first-order valence-corrected chi connectivity index (χ1v) is 11.3. The van der Waals surface area contributed by atoms with E-state index in [1.165, 1.54) is 0 Å². The first kappa shape index (κ1) is 22.5. The Kier molecular flexibility index (Phi) is 6.93. The standard InChI is InChI=1S/C24H33N5O3/c1-16(2)29-24-20(14-26-29)22(28-7-9-31-10-8-28)12-21(27-24)18-5-4-6-19(11-18)32-15-23(30)17(3)13-25/h4-6,11-12,14,16-17,23,30H,7-10,13,15,25H2,1-3H3. The summed E-state index contributed by atoms with van der Waals surface area (Å²) in [6, 6.07) is 10.2. The zero-order valence-electron chi connectivity index (χ0n) is 19.1. The number of aromatic nitrogens is 3. The van der Waals surface area contributed by atoms with E-state index in [9.17, 15) is 5.11 Å². The first-order valence-electron chi connectivity index (χ1n) is 11.3. The molecule has 0 bridgehead atoms. The highest BCUT2D eigenvalue weighted by atomic mass is 16.5. The number of pyridine rings is 1. The molecule has 32 heavy (non-hydrogen) atoms. The van der Waals surface area contributed by atoms with Crippen LogP contribution in [-0.4, -0.2) is 65.4 Å². The Hall–Kier alpha value is -2.68. The average Bonchev–Trinajstić information content (AvgIpc) is 3.26. The molecule has 1 fully saturated rings. The maximum atomic E-state index is 10.2. The monoisotopic (exact) mass is 439 g/mol. The molecule has 3 aromatic rings. The molecule has 2 atom stereocenters. The van der Waals surface area contributed by atoms with Crippen molar-refractivity contribution in [3.8, 4) is 17.0 Å². The molecule has 1 aromatic carbocycles. The fraction of sp³-hybridized carbons (Fsp3) is 0.500. The smallest absolute Gasteiger partial charge is 0.160 e. The lowest BCUT2D eigenvalue weighted by Gasteiger charge is -2.29. The highest BCUT2D eigenvalue weighted by Crippen LogP contribution is 2.33. The van der Waals surface area contributed by atoms with Gasteiger partial charge in [-0.3, -0.25) is 0 Å². The van der Waals surface area contributed by atoms with Gasteiger partial charge >= 0.3 is 0 Å². The second kappa shape index (κ2) is 9.85. The van der Waals surface area contributed by atoms with Crippen molar-refractivity contribution >= 4 is 16.7 Å². The number of benzene rings is 1. The van der Waals surface area contributed by atoms with Crippen LogP contribution in [0.3, 0.4) is 0 Å². The molecular weight excluding hydrogens is 406 g/mol. The van der Waals surface area contributed by atoms with Crippen LogP contribution >= 0.6 is 0 Å². The van der Waals surface area contributed by atoms with E-state index < -0.39 is 6.10 Å². The predicted molar refractivity (Wildman–Crippen MR) is 126 cm³/mol. The van der Waals surface area contributed by atoms with Crippen LogP contribution in [0.15, 0.2) is 36.5 Å². The van der Waals surface area contributed by atoms with E-state index in [0.29, 0.717) is 25.5 Å². The summed E-state index contributed by atoms with van der Waals surface area (Å²) in [6.07, 6.45) is 1.31. The van der Waals surface area contributed by atoms with Crippen molar-refractivity contribution in [2.24, 2.45) is 11.7 Å². The molecule has 3 heterocycles. The third-order valence-electron chi connectivity index (χ3n) is 5.96. The normalized spacial score (nSPS) is 16.5. The highest BCUT2D eigenvalue weighted by molar-refractivity contribution is 5.92. The van der Waals surface area contributed by atoms with Gasteiger partial charge in [-0.05, 0) is 44.5 Å². The average molecular weight is 440 g/mol. The van der Waals surface area contributed by atoms with Gasteiger partial charge < -0.3 is 25.2 Å². The van der Waals surface area contributed by atoms with Gasteiger partial charge in [-0.2, -0.15) is 5.10 Å². The summed E-state index contributed by atoms with van der Waals surface area (Å²) in [5, 5.41) is 15.8. The SMILES string of the molecule is CC(CN)C(O)COc1cccc(-c2cc(N3CCOCC3)c3cnn(C(C)C)c3n2)c1. The van der Waals surface area contributed by atoms with Crippen molar-refractivity contribution in [2.75, 3.05) is 44.4 Å². The second-order valence-corrected chi connectivity index (χ2v) is 8.67. The summed E-state index contributed by atoms with van der Waals surface area (Å²) in [5.41, 5.74) is 9.46. The molecule has 0 spiro atoms. The van der Waals surface area contributed by atoms with Gasteiger partial charge in [0, 0.05) is 24.7 Å². The quantitative estimate of drug-likeness (QED) is 0.557. The number of nitrogens with two attached hydrogens (primary N) is 1. The van der Waals surface area contributed by atoms with Gasteiger partial charge in [-0.15, -0.1) is 0 Å². The maximum absolute atomic E-state index is 10.2. The lowest BCUT2D eigenvalue weighted by atomic mass is 10.1. The first-order chi connectivity index (χ1) is 15.5. The second-order valence-electron chi connectivity index (χ2n) is 8.67. The maximum Gasteiger partial charge on any atom is 0.160 e. The Morgan fingerprint density at radius 2 is 1.97 bits per heavy atom. The number of ether oxygens (including phenoxy) is 2. The molecule has 8 nitrogen and oxygen atoms in total. The number of nitrogens with zero attached hydrogens (tertiary/aromatic N) is 4. The number of morpholine rings is 1. The molecule has 0 saturated carbocycles. The third-order valence-corrected chi connectivity index (χ3v) is 5.96. The molecule has 3 N–H and O–H groups in total. The van der Waals surface area contributed by atoms with E-state index in [1.54, 1.807) is 0 Å². The molecule has 2 aromatic heterocycles. The Bertz CT molecular complexity index is 1050. The molecule has 0 radical (unpaired) electrons. The minimum absolute atomic E-state index is 0.0188. The van der Waals surface area contributed by atoms with Gasteiger partial charge in [0.25, 0.3) is 0 Å². The topological polar surface area (TPSA) is 98.7 Å². The lowest BCUT2D eigenvalue weighted by Crippen LogP contribution is -2.36. The van der Waals surface area contributed by atoms with E-state index in [1.807, 2.05) is 42.1 Å². The van der Waals surface area contributed by atoms with Crippen LogP contribution in [0.2, 0.25) is 0 Å². The lowest BCUT2D eigenvalue weighted by molar-refractivity contribution is 0.0666. The fourth-order valence-corrected chi connectivity index (χ4v) is 3.84. The zero-order valence-corrected chi connectivity index (χ0v) is 19.1. The summed E-state index contributed by atoms with van der Waals surface area (Å²) in [6.45, 7) is 9.85. The molecule has 172 valence electrons. The number of hydrogen-bond acceptors (Lipinski definition) is 7. The predicted octanol–water partition coefficient (Wildman–Crippen LogP) is 2.85. The van der Waals surface area contributed by atoms with Crippen LogP contribution in [-0.2, 0) is 4.74 Å². The van der Waals surface area contributed by atoms with E-state index >= 15 is 0 Å². The van der Waals surface area contributed by atoms with Crippen LogP contribution in [0.4, 0.5) is 5.69 Å². The number of fused-ring (bicyclic) bond motifs is 1. The number of hydrogen-bond donors (Lipinski definition) is 2. The largest absolute Gasteiger partial charge is 0.491 e. The number of anilines is 1. The van der Waals surface area contributed by atoms with Crippen LogP contribution < -0.4 is 15.4 Å². The van der Waals surface area contributed by atoms with Crippen LogP contribution in [0.25, 0.3) is 22.3 Å². The van der Waals surface area contributed by atoms with Crippen molar-refractivity contribution in [2.45, 2.75) is 32.9 Å². The van der Waals surface area contributed by atoms with E-state index in [0.717, 1.165) is 41.1 Å². The van der Waals surface area contributed by atoms with Gasteiger partial charge in [0.2, 0.25) is 0 Å². The van der Waals surface area contributed by atoms with Crippen molar-refractivity contribution in [1.29, 1.82) is 0 Å². The Labute approximate surface area is 188 Å². The molecule has 8 heteroatoms. The summed E-state index contributed by atoms with van der Waals surface area (Å²) in [7, 11) is 0. The molecule has 0 amide bonds. The van der Waals surface area contributed by atoms with Gasteiger partial charge in [0.05, 0.1) is 42.3 Å². The summed E-state index contributed by atoms with van der Waals surface area (Å²) >= 11 is 0. The number of aliphatic hydroxyl groups is 1. The molecule has 2 unspecified atom stereocenters. The Balaban J connectivity index is 1.70. The number of aliphatic hydroxyl groups excluding tert-OH is 1. The Morgan fingerprint density at radius 1 is 1.19 bits per heavy atom. The highest BCUT2D eigenvalue weighted by Gasteiger charge is 2.20. The van der Waals surface area contributed by atoms with Crippen LogP contribution in [0.1, 0.15) is 26.8 Å². The summed E-state index contributed by atoms with van der Waals surface area (Å²) in [5.74, 6) is 0.674. The van der Waals surface area contributed by atoms with Gasteiger partial charge in [0.1, 0.15) is 12.4 Å². The third kappa shape index (κ3) is 4.72. The molecule has 1 aliphatic heterocycles. The summed E-state index contributed by atoms with van der Waals surface area (Å²) in [4.78, 5) is 7.32.